The van der Waals surface area contributed by atoms with Gasteiger partial charge in [0.05, 0.1) is 19.3 Å². The van der Waals surface area contributed by atoms with Crippen LogP contribution in [0.2, 0.25) is 0 Å². The van der Waals surface area contributed by atoms with E-state index in [9.17, 15) is 0 Å². The molecule has 0 spiro atoms. The first-order valence-electron chi connectivity index (χ1n) is 10.2. The van der Waals surface area contributed by atoms with Gasteiger partial charge in [0.25, 0.3) is 0 Å². The number of nitrogens with one attached hydrogen (secondary N) is 1. The maximum absolute atomic E-state index is 5.97. The third-order valence-electron chi connectivity index (χ3n) is 5.54. The number of fused-ring (bicyclic) bond motifs is 2. The Morgan fingerprint density at radius 1 is 0.821 bits per heavy atom. The number of aryl methyl sites for hydroxylation is 4. The molecule has 0 unspecified atom stereocenters. The van der Waals surface area contributed by atoms with Crippen LogP contribution < -0.4 is 5.32 Å². The topological polar surface area (TPSA) is 21.3 Å². The molecule has 0 saturated carbocycles. The van der Waals surface area contributed by atoms with Crippen LogP contribution in [0.15, 0.2) is 66.7 Å². The lowest BCUT2D eigenvalue weighted by atomic mass is 9.95. The minimum atomic E-state index is 0.236. The highest BCUT2D eigenvalue weighted by Gasteiger charge is 2.22. The van der Waals surface area contributed by atoms with E-state index in [2.05, 4.69) is 85.9 Å². The van der Waals surface area contributed by atoms with Crippen LogP contribution in [-0.4, -0.2) is 13.2 Å². The first-order valence-corrected chi connectivity index (χ1v) is 10.2. The molecule has 1 N–H and O–H groups in total. The largest absolute Gasteiger partial charge is 0.375 e. The average Bonchev–Trinajstić information content (AvgIpc) is 2.84. The van der Waals surface area contributed by atoms with E-state index in [0.29, 0.717) is 13.2 Å². The highest BCUT2D eigenvalue weighted by Crippen LogP contribution is 2.32. The lowest BCUT2D eigenvalue weighted by Gasteiger charge is -2.22. The van der Waals surface area contributed by atoms with E-state index in [4.69, 9.17) is 4.74 Å². The van der Waals surface area contributed by atoms with Crippen molar-refractivity contribution in [3.63, 3.8) is 0 Å². The summed E-state index contributed by atoms with van der Waals surface area (Å²) in [7, 11) is 0. The molecular formula is C26H29NO. The van der Waals surface area contributed by atoms with Crippen molar-refractivity contribution in [1.82, 2.24) is 5.32 Å². The van der Waals surface area contributed by atoms with E-state index in [-0.39, 0.29) is 6.04 Å². The van der Waals surface area contributed by atoms with Gasteiger partial charge in [0.2, 0.25) is 0 Å². The van der Waals surface area contributed by atoms with Gasteiger partial charge in [-0.15, -0.1) is 0 Å². The fourth-order valence-electron chi connectivity index (χ4n) is 4.36. The summed E-state index contributed by atoms with van der Waals surface area (Å²) in [5.41, 5.74) is 9.55. The van der Waals surface area contributed by atoms with Gasteiger partial charge in [-0.25, -0.2) is 0 Å². The second kappa shape index (κ2) is 8.72. The summed E-state index contributed by atoms with van der Waals surface area (Å²) in [4.78, 5) is 0. The normalized spacial score (nSPS) is 13.6. The maximum atomic E-state index is 5.97. The van der Waals surface area contributed by atoms with Gasteiger partial charge >= 0.3 is 0 Å². The predicted octanol–water partition coefficient (Wildman–Crippen LogP) is 5.30. The van der Waals surface area contributed by atoms with Crippen LogP contribution in [0.25, 0.3) is 0 Å². The maximum Gasteiger partial charge on any atom is 0.0717 e. The smallest absolute Gasteiger partial charge is 0.0717 e. The Morgan fingerprint density at radius 2 is 1.39 bits per heavy atom. The molecule has 0 saturated heterocycles. The summed E-state index contributed by atoms with van der Waals surface area (Å²) in [6.07, 6.45) is 2.21. The molecule has 2 heteroatoms. The van der Waals surface area contributed by atoms with Crippen molar-refractivity contribution in [1.29, 1.82) is 0 Å². The van der Waals surface area contributed by atoms with Gasteiger partial charge in [-0.05, 0) is 54.5 Å². The van der Waals surface area contributed by atoms with Crippen molar-refractivity contribution in [2.75, 3.05) is 13.2 Å². The van der Waals surface area contributed by atoms with Crippen molar-refractivity contribution >= 4 is 0 Å². The zero-order chi connectivity index (χ0) is 19.3. The van der Waals surface area contributed by atoms with Gasteiger partial charge in [-0.3, -0.25) is 0 Å². The van der Waals surface area contributed by atoms with Gasteiger partial charge in [-0.1, -0.05) is 77.9 Å². The average molecular weight is 372 g/mol. The monoisotopic (exact) mass is 371 g/mol. The molecule has 3 aromatic carbocycles. The summed E-state index contributed by atoms with van der Waals surface area (Å²) in [6, 6.07) is 24.5. The summed E-state index contributed by atoms with van der Waals surface area (Å²) in [5.74, 6) is 0. The van der Waals surface area contributed by atoms with E-state index in [1.807, 2.05) is 0 Å². The van der Waals surface area contributed by atoms with Crippen LogP contribution in [0.4, 0.5) is 0 Å². The SMILES string of the molecule is Cc1cc(C)cc(COCCNC2c3ccccc3CCc3ccccc32)c1. The van der Waals surface area contributed by atoms with Crippen LogP contribution >= 0.6 is 0 Å². The second-order valence-electron chi connectivity index (χ2n) is 7.83. The van der Waals surface area contributed by atoms with Crippen molar-refractivity contribution in [2.45, 2.75) is 39.3 Å². The molecule has 0 amide bonds. The van der Waals surface area contributed by atoms with Crippen molar-refractivity contribution < 1.29 is 4.74 Å². The Kier molecular flexibility index (Phi) is 5.90. The molecule has 1 aliphatic rings. The summed E-state index contributed by atoms with van der Waals surface area (Å²) >= 11 is 0. The highest BCUT2D eigenvalue weighted by atomic mass is 16.5. The Morgan fingerprint density at radius 3 is 2.00 bits per heavy atom. The Balaban J connectivity index is 1.41. The van der Waals surface area contributed by atoms with Crippen molar-refractivity contribution in [3.8, 4) is 0 Å². The van der Waals surface area contributed by atoms with E-state index in [1.165, 1.54) is 38.9 Å². The molecule has 4 rings (SSSR count). The van der Waals surface area contributed by atoms with E-state index >= 15 is 0 Å². The fourth-order valence-corrected chi connectivity index (χ4v) is 4.36. The van der Waals surface area contributed by atoms with E-state index < -0.39 is 0 Å². The number of ether oxygens (including phenoxy) is 1. The van der Waals surface area contributed by atoms with Crippen LogP contribution in [0.3, 0.4) is 0 Å². The lowest BCUT2D eigenvalue weighted by Crippen LogP contribution is -2.27. The number of benzene rings is 3. The standard InChI is InChI=1S/C26H29NO/c1-19-15-20(2)17-21(16-19)18-28-14-13-27-26-24-9-5-3-7-22(24)11-12-23-8-4-6-10-25(23)26/h3-10,15-17,26-27H,11-14,18H2,1-2H3. The summed E-state index contributed by atoms with van der Waals surface area (Å²) in [5, 5.41) is 3.76. The van der Waals surface area contributed by atoms with Gasteiger partial charge in [0.1, 0.15) is 0 Å². The molecule has 1 aliphatic carbocycles. The Labute approximate surface area is 168 Å². The molecular weight excluding hydrogens is 342 g/mol. The molecule has 0 aromatic heterocycles. The van der Waals surface area contributed by atoms with Gasteiger partial charge in [0, 0.05) is 6.54 Å². The first kappa shape index (κ1) is 18.9. The molecule has 0 radical (unpaired) electrons. The van der Waals surface area contributed by atoms with Crippen molar-refractivity contribution in [2.24, 2.45) is 0 Å². The zero-order valence-electron chi connectivity index (χ0n) is 16.9. The van der Waals surface area contributed by atoms with E-state index in [1.54, 1.807) is 0 Å². The quantitative estimate of drug-likeness (QED) is 0.594. The molecule has 0 fully saturated rings. The summed E-state index contributed by atoms with van der Waals surface area (Å²) in [6.45, 7) is 6.48. The minimum Gasteiger partial charge on any atom is -0.375 e. The Bertz CT molecular complexity index is 879. The predicted molar refractivity (Wildman–Crippen MR) is 116 cm³/mol. The zero-order valence-corrected chi connectivity index (χ0v) is 16.9. The fraction of sp³-hybridized carbons (Fsp3) is 0.308. The molecule has 28 heavy (non-hydrogen) atoms. The van der Waals surface area contributed by atoms with Crippen LogP contribution in [0.1, 0.15) is 45.0 Å². The Hall–Kier alpha value is -2.42. The highest BCUT2D eigenvalue weighted by molar-refractivity contribution is 5.44. The number of hydrogen-bond donors (Lipinski definition) is 1. The van der Waals surface area contributed by atoms with Gasteiger partial charge in [-0.2, -0.15) is 0 Å². The minimum absolute atomic E-state index is 0.236. The molecule has 144 valence electrons. The third kappa shape index (κ3) is 4.35. The first-order chi connectivity index (χ1) is 13.7. The molecule has 2 nitrogen and oxygen atoms in total. The molecule has 3 aromatic rings. The molecule has 0 aliphatic heterocycles. The van der Waals surface area contributed by atoms with Crippen LogP contribution in [0, 0.1) is 13.8 Å². The van der Waals surface area contributed by atoms with Gasteiger partial charge < -0.3 is 10.1 Å². The summed E-state index contributed by atoms with van der Waals surface area (Å²) < 4.78 is 5.97. The number of rotatable bonds is 6. The molecule has 0 atom stereocenters. The number of hydrogen-bond acceptors (Lipinski definition) is 2. The van der Waals surface area contributed by atoms with E-state index in [0.717, 1.165) is 19.4 Å². The van der Waals surface area contributed by atoms with Crippen molar-refractivity contribution in [3.05, 3.63) is 106 Å². The third-order valence-corrected chi connectivity index (χ3v) is 5.54. The lowest BCUT2D eigenvalue weighted by molar-refractivity contribution is 0.121. The van der Waals surface area contributed by atoms with Gasteiger partial charge in [0.15, 0.2) is 0 Å². The second-order valence-corrected chi connectivity index (χ2v) is 7.83. The molecule has 0 bridgehead atoms. The van der Waals surface area contributed by atoms with Crippen LogP contribution in [0.5, 0.6) is 0 Å². The molecule has 0 heterocycles. The van der Waals surface area contributed by atoms with Crippen LogP contribution in [-0.2, 0) is 24.2 Å².